The molecule has 0 aliphatic heterocycles. The first-order valence-electron chi connectivity index (χ1n) is 6.62. The average molecular weight is 206 g/mol. The molecule has 6 atom stereocenters. The Morgan fingerprint density at radius 3 is 2.07 bits per heavy atom. The summed E-state index contributed by atoms with van der Waals surface area (Å²) in [5.41, 5.74) is 3.41. The molecule has 0 saturated heterocycles. The van der Waals surface area contributed by atoms with Crippen LogP contribution in [-0.4, -0.2) is 0 Å². The van der Waals surface area contributed by atoms with Gasteiger partial charge in [0.05, 0.1) is 0 Å². The first kappa shape index (κ1) is 11.2. The molecule has 0 N–H and O–H groups in total. The molecule has 0 aromatic rings. The summed E-state index contributed by atoms with van der Waals surface area (Å²) in [7, 11) is 0. The molecule has 0 bridgehead atoms. The van der Waals surface area contributed by atoms with Crippen LogP contribution in [-0.2, 0) is 0 Å². The van der Waals surface area contributed by atoms with Crippen molar-refractivity contribution < 1.29 is 0 Å². The molecule has 0 radical (unpaired) electrons. The molecule has 0 aromatic carbocycles. The molecule has 2 rings (SSSR count). The monoisotopic (exact) mass is 206 g/mol. The summed E-state index contributed by atoms with van der Waals surface area (Å²) < 4.78 is 0. The average Bonchev–Trinajstić information content (AvgIpc) is 2.50. The van der Waals surface area contributed by atoms with Crippen molar-refractivity contribution >= 4 is 0 Å². The third-order valence-corrected chi connectivity index (χ3v) is 5.84. The van der Waals surface area contributed by atoms with E-state index in [0.717, 1.165) is 35.5 Å². The Bertz CT molecular complexity index is 286. The SMILES string of the molecule is CC1=C(C)[C@H](C)C(C)C2CC(C)C(C)C12. The smallest absolute Gasteiger partial charge is 0.0144 e. The van der Waals surface area contributed by atoms with Crippen molar-refractivity contribution in [2.24, 2.45) is 35.5 Å². The minimum atomic E-state index is 0.809. The molecule has 1 saturated carbocycles. The van der Waals surface area contributed by atoms with Crippen LogP contribution in [0, 0.1) is 35.5 Å². The summed E-state index contributed by atoms with van der Waals surface area (Å²) in [5.74, 6) is 5.39. The van der Waals surface area contributed by atoms with Crippen LogP contribution < -0.4 is 0 Å². The second-order valence-electron chi connectivity index (χ2n) is 6.28. The van der Waals surface area contributed by atoms with Gasteiger partial charge >= 0.3 is 0 Å². The molecule has 0 heterocycles. The fraction of sp³-hybridized carbons (Fsp3) is 0.867. The highest BCUT2D eigenvalue weighted by molar-refractivity contribution is 5.24. The maximum Gasteiger partial charge on any atom is -0.0144 e. The van der Waals surface area contributed by atoms with Crippen LogP contribution in [0.5, 0.6) is 0 Å². The van der Waals surface area contributed by atoms with Crippen molar-refractivity contribution in [3.63, 3.8) is 0 Å². The van der Waals surface area contributed by atoms with Gasteiger partial charge in [-0.15, -0.1) is 0 Å². The van der Waals surface area contributed by atoms with E-state index in [1.807, 2.05) is 0 Å². The lowest BCUT2D eigenvalue weighted by atomic mass is 9.65. The molecule has 0 spiro atoms. The number of allylic oxidation sites excluding steroid dienone is 2. The Balaban J connectivity index is 2.39. The fourth-order valence-electron chi connectivity index (χ4n) is 4.18. The topological polar surface area (TPSA) is 0 Å². The summed E-state index contributed by atoms with van der Waals surface area (Å²) >= 11 is 0. The minimum Gasteiger partial charge on any atom is -0.0710 e. The van der Waals surface area contributed by atoms with Crippen molar-refractivity contribution in [1.29, 1.82) is 0 Å². The Labute approximate surface area is 95.1 Å². The highest BCUT2D eigenvalue weighted by Gasteiger charge is 2.46. The first-order valence-corrected chi connectivity index (χ1v) is 6.62. The second-order valence-corrected chi connectivity index (χ2v) is 6.28. The third kappa shape index (κ3) is 1.48. The van der Waals surface area contributed by atoms with Crippen LogP contribution in [0.25, 0.3) is 0 Å². The third-order valence-electron chi connectivity index (χ3n) is 5.84. The van der Waals surface area contributed by atoms with E-state index >= 15 is 0 Å². The van der Waals surface area contributed by atoms with E-state index in [4.69, 9.17) is 0 Å². The van der Waals surface area contributed by atoms with Crippen molar-refractivity contribution in [3.8, 4) is 0 Å². The van der Waals surface area contributed by atoms with Gasteiger partial charge in [0.25, 0.3) is 0 Å². The molecule has 2 aliphatic carbocycles. The Morgan fingerprint density at radius 2 is 1.47 bits per heavy atom. The lowest BCUT2D eigenvalue weighted by Gasteiger charge is -2.40. The van der Waals surface area contributed by atoms with Gasteiger partial charge in [-0.2, -0.15) is 0 Å². The van der Waals surface area contributed by atoms with Gasteiger partial charge in [0.2, 0.25) is 0 Å². The number of hydrogen-bond acceptors (Lipinski definition) is 0. The number of hydrogen-bond donors (Lipinski definition) is 0. The fourth-order valence-corrected chi connectivity index (χ4v) is 4.18. The van der Waals surface area contributed by atoms with Crippen LogP contribution in [0.4, 0.5) is 0 Å². The lowest BCUT2D eigenvalue weighted by molar-refractivity contribution is 0.208. The normalized spacial score (nSPS) is 50.8. The maximum absolute atomic E-state index is 2.48. The molecule has 0 aromatic heterocycles. The standard InChI is InChI=1S/C15H26/c1-8-7-14-12(5)10(3)11(4)13(6)15(14)9(8)2/h8-10,12,14-15H,7H2,1-6H3/t8?,9?,10-,12?,14?,15?/m0/s1. The summed E-state index contributed by atoms with van der Waals surface area (Å²) in [6.07, 6.45) is 1.46. The van der Waals surface area contributed by atoms with Crippen molar-refractivity contribution in [3.05, 3.63) is 11.1 Å². The zero-order valence-electron chi connectivity index (χ0n) is 11.2. The van der Waals surface area contributed by atoms with Crippen LogP contribution in [0.15, 0.2) is 11.1 Å². The summed E-state index contributed by atoms with van der Waals surface area (Å²) in [6.45, 7) is 14.6. The maximum atomic E-state index is 2.48. The molecule has 0 amide bonds. The highest BCUT2D eigenvalue weighted by Crippen LogP contribution is 2.54. The molecule has 2 aliphatic rings. The van der Waals surface area contributed by atoms with Crippen molar-refractivity contribution in [1.82, 2.24) is 0 Å². The van der Waals surface area contributed by atoms with Gasteiger partial charge in [0, 0.05) is 0 Å². The number of fused-ring (bicyclic) bond motifs is 1. The highest BCUT2D eigenvalue weighted by atomic mass is 14.5. The molecular weight excluding hydrogens is 180 g/mol. The van der Waals surface area contributed by atoms with Gasteiger partial charge in [-0.05, 0) is 55.8 Å². The van der Waals surface area contributed by atoms with E-state index in [1.54, 1.807) is 11.1 Å². The summed E-state index contributed by atoms with van der Waals surface area (Å²) in [6, 6.07) is 0. The second kappa shape index (κ2) is 3.64. The van der Waals surface area contributed by atoms with Gasteiger partial charge in [-0.1, -0.05) is 38.8 Å². The van der Waals surface area contributed by atoms with Crippen LogP contribution in [0.1, 0.15) is 48.0 Å². The van der Waals surface area contributed by atoms with Gasteiger partial charge < -0.3 is 0 Å². The minimum absolute atomic E-state index is 0.809. The summed E-state index contributed by atoms with van der Waals surface area (Å²) in [5, 5.41) is 0. The quantitative estimate of drug-likeness (QED) is 0.511. The lowest BCUT2D eigenvalue weighted by Crippen LogP contribution is -2.31. The molecule has 1 fully saturated rings. The molecular formula is C15H26. The van der Waals surface area contributed by atoms with E-state index in [2.05, 4.69) is 41.5 Å². The van der Waals surface area contributed by atoms with Gasteiger partial charge in [-0.25, -0.2) is 0 Å². The van der Waals surface area contributed by atoms with E-state index < -0.39 is 0 Å². The van der Waals surface area contributed by atoms with Crippen LogP contribution >= 0.6 is 0 Å². The molecule has 0 nitrogen and oxygen atoms in total. The largest absolute Gasteiger partial charge is 0.0710 e. The Hall–Kier alpha value is -0.260. The molecule has 0 heteroatoms. The predicted octanol–water partition coefficient (Wildman–Crippen LogP) is 4.52. The van der Waals surface area contributed by atoms with Crippen LogP contribution in [0.3, 0.4) is 0 Å². The zero-order valence-corrected chi connectivity index (χ0v) is 11.2. The van der Waals surface area contributed by atoms with E-state index in [0.29, 0.717) is 0 Å². The van der Waals surface area contributed by atoms with Gasteiger partial charge in [0.15, 0.2) is 0 Å². The Kier molecular flexibility index (Phi) is 2.73. The molecule has 5 unspecified atom stereocenters. The van der Waals surface area contributed by atoms with Gasteiger partial charge in [0.1, 0.15) is 0 Å². The van der Waals surface area contributed by atoms with E-state index in [9.17, 15) is 0 Å². The summed E-state index contributed by atoms with van der Waals surface area (Å²) in [4.78, 5) is 0. The zero-order chi connectivity index (χ0) is 11.3. The van der Waals surface area contributed by atoms with E-state index in [-0.39, 0.29) is 0 Å². The van der Waals surface area contributed by atoms with Crippen molar-refractivity contribution in [2.45, 2.75) is 48.0 Å². The van der Waals surface area contributed by atoms with Gasteiger partial charge in [-0.3, -0.25) is 0 Å². The number of rotatable bonds is 0. The van der Waals surface area contributed by atoms with E-state index in [1.165, 1.54) is 6.42 Å². The first-order chi connectivity index (χ1) is 6.95. The Morgan fingerprint density at radius 1 is 0.867 bits per heavy atom. The molecule has 15 heavy (non-hydrogen) atoms. The van der Waals surface area contributed by atoms with Crippen molar-refractivity contribution in [2.75, 3.05) is 0 Å². The predicted molar refractivity (Wildman–Crippen MR) is 66.6 cm³/mol. The molecule has 86 valence electrons. The van der Waals surface area contributed by atoms with Crippen LogP contribution in [0.2, 0.25) is 0 Å².